The lowest BCUT2D eigenvalue weighted by molar-refractivity contribution is -0.141. The van der Waals surface area contributed by atoms with Gasteiger partial charge in [0.05, 0.1) is 6.04 Å². The third-order valence-electron chi connectivity index (χ3n) is 6.55. The van der Waals surface area contributed by atoms with E-state index in [-0.39, 0.29) is 41.9 Å². The Morgan fingerprint density at radius 2 is 1.70 bits per heavy atom. The summed E-state index contributed by atoms with van der Waals surface area (Å²) in [4.78, 5) is 58.0. The monoisotopic (exact) mass is 511 g/mol. The summed E-state index contributed by atoms with van der Waals surface area (Å²) in [6.45, 7) is 7.82. The van der Waals surface area contributed by atoms with Crippen LogP contribution in [0.2, 0.25) is 0 Å². The first kappa shape index (κ1) is 27.9. The number of aromatic nitrogens is 2. The summed E-state index contributed by atoms with van der Waals surface area (Å²) in [5.41, 5.74) is 0.834. The van der Waals surface area contributed by atoms with E-state index in [0.29, 0.717) is 19.4 Å². The molecule has 0 bridgehead atoms. The smallest absolute Gasteiger partial charge is 0.408 e. The molecule has 2 heterocycles. The molecule has 0 aliphatic carbocycles. The summed E-state index contributed by atoms with van der Waals surface area (Å²) in [5.74, 6) is -1.16. The van der Waals surface area contributed by atoms with Crippen LogP contribution in [0.1, 0.15) is 56.7 Å². The van der Waals surface area contributed by atoms with Gasteiger partial charge in [-0.1, -0.05) is 58.0 Å². The number of nitrogens with one attached hydrogen (secondary N) is 2. The summed E-state index contributed by atoms with van der Waals surface area (Å²) >= 11 is 0. The molecular weight excluding hydrogens is 474 g/mol. The van der Waals surface area contributed by atoms with Crippen LogP contribution in [0.25, 0.3) is 0 Å². The van der Waals surface area contributed by atoms with Crippen molar-refractivity contribution in [3.63, 3.8) is 0 Å². The molecule has 1 aliphatic rings. The van der Waals surface area contributed by atoms with E-state index in [1.54, 1.807) is 17.8 Å². The van der Waals surface area contributed by atoms with Gasteiger partial charge in [0.25, 0.3) is 0 Å². The van der Waals surface area contributed by atoms with Crippen molar-refractivity contribution in [2.75, 3.05) is 6.54 Å². The predicted molar refractivity (Wildman–Crippen MR) is 137 cm³/mol. The van der Waals surface area contributed by atoms with Crippen LogP contribution >= 0.6 is 0 Å². The minimum Gasteiger partial charge on any atom is -0.445 e. The van der Waals surface area contributed by atoms with Crippen molar-refractivity contribution in [3.05, 3.63) is 54.1 Å². The topological polar surface area (TPSA) is 123 Å². The van der Waals surface area contributed by atoms with Gasteiger partial charge in [-0.25, -0.2) is 9.78 Å². The molecule has 3 unspecified atom stereocenters. The van der Waals surface area contributed by atoms with E-state index < -0.39 is 24.2 Å². The molecule has 3 rings (SSSR count). The Hall–Kier alpha value is -3.69. The molecule has 2 aromatic rings. The second-order valence-electron chi connectivity index (χ2n) is 10.1. The average Bonchev–Trinajstić information content (AvgIpc) is 3.53. The minimum absolute atomic E-state index is 0.0844. The summed E-state index contributed by atoms with van der Waals surface area (Å²) in [5, 5.41) is 5.53. The number of rotatable bonds is 10. The van der Waals surface area contributed by atoms with Gasteiger partial charge >= 0.3 is 6.09 Å². The molecule has 2 N–H and O–H groups in total. The van der Waals surface area contributed by atoms with Crippen molar-refractivity contribution in [3.8, 4) is 0 Å². The quantitative estimate of drug-likeness (QED) is 0.473. The first-order chi connectivity index (χ1) is 17.6. The number of alkyl carbamates (subject to hydrolysis) is 1. The van der Waals surface area contributed by atoms with E-state index >= 15 is 0 Å². The van der Waals surface area contributed by atoms with Gasteiger partial charge in [0.1, 0.15) is 18.7 Å². The number of benzene rings is 1. The highest BCUT2D eigenvalue weighted by Crippen LogP contribution is 2.21. The van der Waals surface area contributed by atoms with Gasteiger partial charge in [0, 0.05) is 26.0 Å². The molecule has 200 valence electrons. The van der Waals surface area contributed by atoms with Crippen molar-refractivity contribution < 1.29 is 23.9 Å². The predicted octanol–water partition coefficient (Wildman–Crippen LogP) is 2.69. The maximum absolute atomic E-state index is 13.5. The van der Waals surface area contributed by atoms with Crippen molar-refractivity contribution in [2.45, 2.75) is 65.3 Å². The van der Waals surface area contributed by atoms with E-state index in [4.69, 9.17) is 4.74 Å². The van der Waals surface area contributed by atoms with Crippen LogP contribution < -0.4 is 10.6 Å². The molecule has 0 saturated carbocycles. The van der Waals surface area contributed by atoms with E-state index in [0.717, 1.165) is 5.56 Å². The van der Waals surface area contributed by atoms with Gasteiger partial charge in [-0.2, -0.15) is 0 Å². The lowest BCUT2D eigenvalue weighted by Gasteiger charge is -2.31. The van der Waals surface area contributed by atoms with E-state index in [2.05, 4.69) is 15.6 Å². The lowest BCUT2D eigenvalue weighted by Crippen LogP contribution is -2.57. The summed E-state index contributed by atoms with van der Waals surface area (Å²) in [6, 6.07) is 6.89. The average molecular weight is 512 g/mol. The zero-order chi connectivity index (χ0) is 27.1. The standard InChI is InChI=1S/C27H37N5O5/c1-17(2)21(23(33)24-28-13-15-31(24)5)29-25(34)20-12-9-14-32(20)26(35)22(18(3)4)30-27(36)37-16-19-10-7-6-8-11-19/h6-8,10-11,13,15,17-18,20-22H,9,12,14,16H2,1-5H3,(H,29,34)(H,30,36). The second-order valence-corrected chi connectivity index (χ2v) is 10.1. The van der Waals surface area contributed by atoms with E-state index in [1.807, 2.05) is 58.0 Å². The fraction of sp³-hybridized carbons (Fsp3) is 0.519. The third-order valence-corrected chi connectivity index (χ3v) is 6.55. The molecule has 1 aromatic heterocycles. The normalized spacial score (nSPS) is 16.9. The Balaban J connectivity index is 1.66. The number of hydrogen-bond donors (Lipinski definition) is 2. The van der Waals surface area contributed by atoms with Gasteiger partial charge < -0.3 is 24.8 Å². The number of aryl methyl sites for hydroxylation is 1. The van der Waals surface area contributed by atoms with Gasteiger partial charge in [0.15, 0.2) is 5.82 Å². The van der Waals surface area contributed by atoms with Crippen LogP contribution in [0, 0.1) is 11.8 Å². The number of likely N-dealkylation sites (tertiary alicyclic amines) is 1. The van der Waals surface area contributed by atoms with E-state index in [9.17, 15) is 19.2 Å². The minimum atomic E-state index is -0.855. The first-order valence-corrected chi connectivity index (χ1v) is 12.7. The molecule has 0 spiro atoms. The van der Waals surface area contributed by atoms with Gasteiger partial charge in [-0.15, -0.1) is 0 Å². The maximum atomic E-state index is 13.5. The number of ketones is 1. The number of ether oxygens (including phenoxy) is 1. The van der Waals surface area contributed by atoms with E-state index in [1.165, 1.54) is 11.1 Å². The molecule has 37 heavy (non-hydrogen) atoms. The largest absolute Gasteiger partial charge is 0.445 e. The Morgan fingerprint density at radius 3 is 2.30 bits per heavy atom. The summed E-state index contributed by atoms with van der Waals surface area (Å²) in [6.07, 6.45) is 3.63. The van der Waals surface area contributed by atoms with Crippen LogP contribution in [0.15, 0.2) is 42.7 Å². The maximum Gasteiger partial charge on any atom is 0.408 e. The van der Waals surface area contributed by atoms with Crippen LogP contribution in [-0.4, -0.2) is 62.8 Å². The Kier molecular flexibility index (Phi) is 9.43. The highest BCUT2D eigenvalue weighted by molar-refractivity contribution is 6.00. The third kappa shape index (κ3) is 6.96. The van der Waals surface area contributed by atoms with Crippen LogP contribution in [0.4, 0.5) is 4.79 Å². The molecular formula is C27H37N5O5. The second kappa shape index (κ2) is 12.5. The SMILES string of the molecule is CC(C)C(NC(=O)C1CCCN1C(=O)C(NC(=O)OCc1ccccc1)C(C)C)C(=O)c1nccn1C. The van der Waals surface area contributed by atoms with Crippen molar-refractivity contribution in [1.29, 1.82) is 0 Å². The number of carbonyl (C=O) groups excluding carboxylic acids is 4. The first-order valence-electron chi connectivity index (χ1n) is 12.7. The highest BCUT2D eigenvalue weighted by atomic mass is 16.5. The fourth-order valence-corrected chi connectivity index (χ4v) is 4.41. The molecule has 3 amide bonds. The zero-order valence-corrected chi connectivity index (χ0v) is 22.1. The van der Waals surface area contributed by atoms with Crippen molar-refractivity contribution in [1.82, 2.24) is 25.1 Å². The molecule has 1 aromatic carbocycles. The Labute approximate surface area is 217 Å². The molecule has 1 fully saturated rings. The van der Waals surface area contributed by atoms with Crippen molar-refractivity contribution in [2.24, 2.45) is 18.9 Å². The number of carbonyl (C=O) groups is 4. The number of Topliss-reactive ketones (excluding diaryl/α,β-unsaturated/α-hetero) is 1. The Bertz CT molecular complexity index is 1100. The molecule has 10 heteroatoms. The Morgan fingerprint density at radius 1 is 1.03 bits per heavy atom. The fourth-order valence-electron chi connectivity index (χ4n) is 4.41. The van der Waals surface area contributed by atoms with Gasteiger partial charge in [0.2, 0.25) is 17.6 Å². The number of amides is 3. The van der Waals surface area contributed by atoms with Crippen LogP contribution in [0.5, 0.6) is 0 Å². The zero-order valence-electron chi connectivity index (χ0n) is 22.1. The number of imidazole rings is 1. The molecule has 10 nitrogen and oxygen atoms in total. The number of nitrogens with zero attached hydrogens (tertiary/aromatic N) is 3. The molecule has 1 saturated heterocycles. The van der Waals surface area contributed by atoms with Gasteiger partial charge in [-0.05, 0) is 30.2 Å². The summed E-state index contributed by atoms with van der Waals surface area (Å²) < 4.78 is 6.92. The lowest BCUT2D eigenvalue weighted by atomic mass is 9.98. The van der Waals surface area contributed by atoms with Crippen LogP contribution in [-0.2, 0) is 28.0 Å². The highest BCUT2D eigenvalue weighted by Gasteiger charge is 2.40. The summed E-state index contributed by atoms with van der Waals surface area (Å²) in [7, 11) is 1.72. The number of hydrogen-bond acceptors (Lipinski definition) is 6. The van der Waals surface area contributed by atoms with Gasteiger partial charge in [-0.3, -0.25) is 14.4 Å². The molecule has 0 radical (unpaired) electrons. The molecule has 3 atom stereocenters. The van der Waals surface area contributed by atoms with Crippen LogP contribution in [0.3, 0.4) is 0 Å². The van der Waals surface area contributed by atoms with Crippen molar-refractivity contribution >= 4 is 23.7 Å². The molecule has 1 aliphatic heterocycles.